The Bertz CT molecular complexity index is 641. The zero-order chi connectivity index (χ0) is 15.8. The van der Waals surface area contributed by atoms with Crippen LogP contribution in [-0.2, 0) is 10.0 Å². The molecular formula is C15H24N2O3S. The number of hydrogen-bond acceptors (Lipinski definition) is 4. The van der Waals surface area contributed by atoms with Crippen LogP contribution in [0.15, 0.2) is 11.0 Å². The second-order valence-electron chi connectivity index (χ2n) is 5.96. The van der Waals surface area contributed by atoms with Crippen molar-refractivity contribution in [2.24, 2.45) is 0 Å². The summed E-state index contributed by atoms with van der Waals surface area (Å²) in [5.74, 6) is 0. The van der Waals surface area contributed by atoms with Gasteiger partial charge in [0.05, 0.1) is 11.0 Å². The van der Waals surface area contributed by atoms with Crippen LogP contribution in [0.4, 0.5) is 5.69 Å². The van der Waals surface area contributed by atoms with Crippen molar-refractivity contribution in [1.82, 2.24) is 4.72 Å². The number of sulfonamides is 1. The van der Waals surface area contributed by atoms with Gasteiger partial charge in [-0.2, -0.15) is 0 Å². The summed E-state index contributed by atoms with van der Waals surface area (Å²) >= 11 is 0. The Balaban J connectivity index is 2.38. The van der Waals surface area contributed by atoms with Crippen molar-refractivity contribution in [1.29, 1.82) is 0 Å². The van der Waals surface area contributed by atoms with E-state index in [1.54, 1.807) is 19.9 Å². The van der Waals surface area contributed by atoms with Crippen molar-refractivity contribution in [3.8, 4) is 0 Å². The number of aliphatic hydroxyl groups is 1. The topological polar surface area (TPSA) is 92.4 Å². The monoisotopic (exact) mass is 312 g/mol. The average Bonchev–Trinajstić information content (AvgIpc) is 2.38. The summed E-state index contributed by atoms with van der Waals surface area (Å²) in [5.41, 5.74) is 8.60. The first-order valence-corrected chi connectivity index (χ1v) is 8.79. The Morgan fingerprint density at radius 1 is 1.19 bits per heavy atom. The number of nitrogens with one attached hydrogen (secondary N) is 1. The predicted molar refractivity (Wildman–Crippen MR) is 83.6 cm³/mol. The van der Waals surface area contributed by atoms with Crippen LogP contribution in [-0.4, -0.2) is 25.7 Å². The van der Waals surface area contributed by atoms with Gasteiger partial charge < -0.3 is 10.8 Å². The molecule has 0 bridgehead atoms. The quantitative estimate of drug-likeness (QED) is 0.742. The van der Waals surface area contributed by atoms with E-state index in [0.717, 1.165) is 18.4 Å². The fraction of sp³-hybridized carbons (Fsp3) is 0.600. The van der Waals surface area contributed by atoms with Gasteiger partial charge in [-0.3, -0.25) is 0 Å². The maximum atomic E-state index is 12.7. The van der Waals surface area contributed by atoms with E-state index in [9.17, 15) is 13.5 Å². The van der Waals surface area contributed by atoms with Crippen molar-refractivity contribution >= 4 is 15.7 Å². The fourth-order valence-electron chi connectivity index (χ4n) is 3.10. The number of anilines is 1. The van der Waals surface area contributed by atoms with Crippen molar-refractivity contribution in [3.05, 3.63) is 22.8 Å². The molecule has 1 aliphatic rings. The summed E-state index contributed by atoms with van der Waals surface area (Å²) in [6.07, 6.45) is 2.56. The maximum Gasteiger partial charge on any atom is 0.241 e. The van der Waals surface area contributed by atoms with Crippen LogP contribution < -0.4 is 10.5 Å². The SMILES string of the molecule is Cc1cc(C)c(S(=O)(=O)NC2CCCCC2O)c(C)c1N. The van der Waals surface area contributed by atoms with E-state index >= 15 is 0 Å². The average molecular weight is 312 g/mol. The van der Waals surface area contributed by atoms with Crippen LogP contribution in [0.1, 0.15) is 42.4 Å². The van der Waals surface area contributed by atoms with E-state index in [1.165, 1.54) is 0 Å². The van der Waals surface area contributed by atoms with Crippen LogP contribution in [0, 0.1) is 20.8 Å². The molecule has 0 aromatic heterocycles. The van der Waals surface area contributed by atoms with Gasteiger partial charge in [0, 0.05) is 11.7 Å². The number of hydrogen-bond donors (Lipinski definition) is 3. The summed E-state index contributed by atoms with van der Waals surface area (Å²) in [4.78, 5) is 0.239. The largest absolute Gasteiger partial charge is 0.398 e. The molecule has 1 fully saturated rings. The first-order chi connectivity index (χ1) is 9.74. The molecule has 2 unspecified atom stereocenters. The maximum absolute atomic E-state index is 12.7. The molecule has 5 nitrogen and oxygen atoms in total. The first-order valence-electron chi connectivity index (χ1n) is 7.30. The molecule has 0 aliphatic heterocycles. The van der Waals surface area contributed by atoms with Gasteiger partial charge >= 0.3 is 0 Å². The number of nitrogen functional groups attached to an aromatic ring is 1. The van der Waals surface area contributed by atoms with Gasteiger partial charge in [-0.25, -0.2) is 13.1 Å². The molecule has 2 rings (SSSR count). The Hall–Kier alpha value is -1.11. The molecule has 0 heterocycles. The summed E-state index contributed by atoms with van der Waals surface area (Å²) in [7, 11) is -3.68. The Kier molecular flexibility index (Phi) is 4.60. The highest BCUT2D eigenvalue weighted by Gasteiger charge is 2.30. The number of rotatable bonds is 3. The van der Waals surface area contributed by atoms with Gasteiger partial charge in [0.2, 0.25) is 10.0 Å². The molecule has 21 heavy (non-hydrogen) atoms. The molecular weight excluding hydrogens is 288 g/mol. The highest BCUT2D eigenvalue weighted by atomic mass is 32.2. The van der Waals surface area contributed by atoms with E-state index in [4.69, 9.17) is 5.73 Å². The molecule has 1 aromatic rings. The van der Waals surface area contributed by atoms with E-state index in [-0.39, 0.29) is 4.90 Å². The minimum absolute atomic E-state index is 0.239. The lowest BCUT2D eigenvalue weighted by molar-refractivity contribution is 0.101. The van der Waals surface area contributed by atoms with Crippen LogP contribution in [0.3, 0.4) is 0 Å². The normalized spacial score (nSPS) is 23.2. The molecule has 1 saturated carbocycles. The third kappa shape index (κ3) is 3.22. The molecule has 1 aliphatic carbocycles. The Morgan fingerprint density at radius 2 is 1.81 bits per heavy atom. The molecule has 0 spiro atoms. The van der Waals surface area contributed by atoms with Crippen molar-refractivity contribution in [2.75, 3.05) is 5.73 Å². The highest BCUT2D eigenvalue weighted by Crippen LogP contribution is 2.29. The smallest absolute Gasteiger partial charge is 0.241 e. The lowest BCUT2D eigenvalue weighted by atomic mass is 9.93. The minimum atomic E-state index is -3.68. The number of aliphatic hydroxyl groups excluding tert-OH is 1. The Labute approximate surface area is 126 Å². The van der Waals surface area contributed by atoms with E-state index < -0.39 is 22.2 Å². The van der Waals surface area contributed by atoms with Crippen molar-refractivity contribution in [3.63, 3.8) is 0 Å². The van der Waals surface area contributed by atoms with Gasteiger partial charge in [-0.15, -0.1) is 0 Å². The molecule has 0 saturated heterocycles. The second kappa shape index (κ2) is 5.94. The summed E-state index contributed by atoms with van der Waals surface area (Å²) in [6.45, 7) is 5.36. The number of benzene rings is 1. The van der Waals surface area contributed by atoms with Gasteiger partial charge in [0.25, 0.3) is 0 Å². The fourth-order valence-corrected chi connectivity index (χ4v) is 4.89. The van der Waals surface area contributed by atoms with Gasteiger partial charge in [0.1, 0.15) is 0 Å². The third-order valence-electron chi connectivity index (χ3n) is 4.27. The van der Waals surface area contributed by atoms with Crippen molar-refractivity contribution in [2.45, 2.75) is 63.5 Å². The zero-order valence-electron chi connectivity index (χ0n) is 12.8. The Morgan fingerprint density at radius 3 is 2.43 bits per heavy atom. The van der Waals surface area contributed by atoms with Crippen molar-refractivity contribution < 1.29 is 13.5 Å². The molecule has 118 valence electrons. The van der Waals surface area contributed by atoms with Gasteiger partial charge in [0.15, 0.2) is 0 Å². The zero-order valence-corrected chi connectivity index (χ0v) is 13.6. The second-order valence-corrected chi connectivity index (χ2v) is 7.61. The van der Waals surface area contributed by atoms with Gasteiger partial charge in [-0.1, -0.05) is 18.9 Å². The molecule has 0 radical (unpaired) electrons. The first kappa shape index (κ1) is 16.3. The lowest BCUT2D eigenvalue weighted by Crippen LogP contribution is -2.45. The molecule has 0 amide bonds. The molecule has 2 atom stereocenters. The van der Waals surface area contributed by atoms with E-state index in [0.29, 0.717) is 29.7 Å². The standard InChI is InChI=1S/C15H24N2O3S/c1-9-8-10(2)15(11(3)14(9)16)21(19,20)17-12-6-4-5-7-13(12)18/h8,12-13,17-18H,4-7,16H2,1-3H3. The number of aryl methyl sites for hydroxylation is 2. The highest BCUT2D eigenvalue weighted by molar-refractivity contribution is 7.89. The van der Waals surface area contributed by atoms with Gasteiger partial charge in [-0.05, 0) is 50.3 Å². The minimum Gasteiger partial charge on any atom is -0.398 e. The predicted octanol–water partition coefficient (Wildman–Crippen LogP) is 1.78. The third-order valence-corrected chi connectivity index (χ3v) is 6.04. The van der Waals surface area contributed by atoms with E-state index in [2.05, 4.69) is 4.72 Å². The number of nitrogens with two attached hydrogens (primary N) is 1. The lowest BCUT2D eigenvalue weighted by Gasteiger charge is -2.28. The van der Waals surface area contributed by atoms with Crippen LogP contribution in [0.2, 0.25) is 0 Å². The summed E-state index contributed by atoms with van der Waals surface area (Å²) < 4.78 is 28.0. The molecule has 1 aromatic carbocycles. The summed E-state index contributed by atoms with van der Waals surface area (Å²) in [5, 5.41) is 9.96. The van der Waals surface area contributed by atoms with Crippen LogP contribution in [0.5, 0.6) is 0 Å². The van der Waals surface area contributed by atoms with Crippen LogP contribution in [0.25, 0.3) is 0 Å². The molecule has 4 N–H and O–H groups in total. The summed E-state index contributed by atoms with van der Waals surface area (Å²) in [6, 6.07) is 1.37. The van der Waals surface area contributed by atoms with E-state index in [1.807, 2.05) is 6.92 Å². The molecule has 6 heteroatoms. The van der Waals surface area contributed by atoms with Crippen LogP contribution >= 0.6 is 0 Å².